The summed E-state index contributed by atoms with van der Waals surface area (Å²) in [5, 5.41) is 0.223. The van der Waals surface area contributed by atoms with Crippen LogP contribution in [0.3, 0.4) is 0 Å². The predicted octanol–water partition coefficient (Wildman–Crippen LogP) is 2.61. The highest BCUT2D eigenvalue weighted by Crippen LogP contribution is 2.18. The molecule has 16 heavy (non-hydrogen) atoms. The van der Waals surface area contributed by atoms with Crippen LogP contribution in [-0.2, 0) is 6.54 Å². The van der Waals surface area contributed by atoms with E-state index in [4.69, 9.17) is 0 Å². The van der Waals surface area contributed by atoms with E-state index in [1.165, 1.54) is 6.07 Å². The zero-order valence-electron chi connectivity index (χ0n) is 9.05. The van der Waals surface area contributed by atoms with Gasteiger partial charge in [0.15, 0.2) is 17.1 Å². The summed E-state index contributed by atoms with van der Waals surface area (Å²) in [6, 6.07) is 2.31. The van der Waals surface area contributed by atoms with Gasteiger partial charge in [0.25, 0.3) is 0 Å². The Hall–Kier alpha value is -1.71. The van der Waals surface area contributed by atoms with Gasteiger partial charge in [0, 0.05) is 23.7 Å². The van der Waals surface area contributed by atoms with Gasteiger partial charge in [0.05, 0.1) is 5.52 Å². The molecule has 0 bridgehead atoms. The van der Waals surface area contributed by atoms with Crippen LogP contribution in [0.25, 0.3) is 10.9 Å². The first-order chi connectivity index (χ1) is 7.56. The monoisotopic (exact) mass is 223 g/mol. The van der Waals surface area contributed by atoms with Crippen molar-refractivity contribution in [3.63, 3.8) is 0 Å². The maximum absolute atomic E-state index is 13.6. The van der Waals surface area contributed by atoms with Crippen molar-refractivity contribution in [1.82, 2.24) is 4.57 Å². The minimum Gasteiger partial charge on any atom is -0.345 e. The minimum absolute atomic E-state index is 0.0399. The number of fused-ring (bicyclic) bond motifs is 1. The van der Waals surface area contributed by atoms with Crippen LogP contribution in [0.1, 0.15) is 12.5 Å². The van der Waals surface area contributed by atoms with Crippen LogP contribution >= 0.6 is 0 Å². The number of aryl methyl sites for hydroxylation is 2. The first-order valence-electron chi connectivity index (χ1n) is 5.04. The third-order valence-electron chi connectivity index (χ3n) is 2.65. The van der Waals surface area contributed by atoms with Crippen LogP contribution in [-0.4, -0.2) is 4.57 Å². The lowest BCUT2D eigenvalue weighted by molar-refractivity contribution is 0.511. The number of hydrogen-bond donors (Lipinski definition) is 0. The molecule has 1 heterocycles. The Morgan fingerprint density at radius 1 is 1.31 bits per heavy atom. The molecule has 2 nitrogen and oxygen atoms in total. The quantitative estimate of drug-likeness (QED) is 0.728. The van der Waals surface area contributed by atoms with Crippen molar-refractivity contribution < 1.29 is 8.78 Å². The fourth-order valence-electron chi connectivity index (χ4n) is 1.82. The molecule has 4 heteroatoms. The SMILES string of the molecule is CCn1cc(C)c(=O)c2ccc(F)c(F)c21. The van der Waals surface area contributed by atoms with Crippen LogP contribution in [0.4, 0.5) is 8.78 Å². The molecular formula is C12H11F2NO. The van der Waals surface area contributed by atoms with Gasteiger partial charge >= 0.3 is 0 Å². The highest BCUT2D eigenvalue weighted by atomic mass is 19.2. The molecule has 0 saturated carbocycles. The van der Waals surface area contributed by atoms with E-state index in [0.29, 0.717) is 12.1 Å². The lowest BCUT2D eigenvalue weighted by Gasteiger charge is -2.10. The molecule has 2 rings (SSSR count). The molecule has 0 aliphatic heterocycles. The standard InChI is InChI=1S/C12H11F2NO/c1-3-15-6-7(2)12(16)8-4-5-9(13)10(14)11(8)15/h4-6H,3H2,1-2H3. The molecule has 84 valence electrons. The molecule has 0 aliphatic rings. The largest absolute Gasteiger partial charge is 0.345 e. The molecule has 0 fully saturated rings. The lowest BCUT2D eigenvalue weighted by atomic mass is 10.1. The summed E-state index contributed by atoms with van der Waals surface area (Å²) in [6.07, 6.45) is 1.55. The second kappa shape index (κ2) is 3.70. The van der Waals surface area contributed by atoms with Crippen LogP contribution in [0.2, 0.25) is 0 Å². The van der Waals surface area contributed by atoms with Crippen LogP contribution < -0.4 is 5.43 Å². The van der Waals surface area contributed by atoms with Gasteiger partial charge in [-0.3, -0.25) is 4.79 Å². The highest BCUT2D eigenvalue weighted by molar-refractivity contribution is 5.80. The molecule has 0 unspecified atom stereocenters. The number of pyridine rings is 1. The average Bonchev–Trinajstić information content (AvgIpc) is 2.27. The van der Waals surface area contributed by atoms with E-state index in [1.54, 1.807) is 17.7 Å². The Balaban J connectivity index is 3.05. The molecule has 0 radical (unpaired) electrons. The molecular weight excluding hydrogens is 212 g/mol. The third kappa shape index (κ3) is 1.41. The molecule has 0 amide bonds. The van der Waals surface area contributed by atoms with E-state index in [2.05, 4.69) is 0 Å². The van der Waals surface area contributed by atoms with Crippen LogP contribution in [0.5, 0.6) is 0 Å². The number of halogens is 2. The first-order valence-corrected chi connectivity index (χ1v) is 5.04. The van der Waals surface area contributed by atoms with Crippen molar-refractivity contribution in [2.24, 2.45) is 0 Å². The minimum atomic E-state index is -0.962. The van der Waals surface area contributed by atoms with E-state index in [-0.39, 0.29) is 16.3 Å². The summed E-state index contributed by atoms with van der Waals surface area (Å²) in [5.74, 6) is -1.89. The van der Waals surface area contributed by atoms with Gasteiger partial charge in [-0.25, -0.2) is 8.78 Å². The molecule has 0 saturated heterocycles. The molecule has 0 N–H and O–H groups in total. The van der Waals surface area contributed by atoms with Gasteiger partial charge in [0.1, 0.15) is 0 Å². The second-order valence-corrected chi connectivity index (χ2v) is 3.68. The Bertz CT molecular complexity index is 616. The van der Waals surface area contributed by atoms with Crippen LogP contribution in [0, 0.1) is 18.6 Å². The summed E-state index contributed by atoms with van der Waals surface area (Å²) in [7, 11) is 0. The summed E-state index contributed by atoms with van der Waals surface area (Å²) in [6.45, 7) is 3.96. The fraction of sp³-hybridized carbons (Fsp3) is 0.250. The van der Waals surface area contributed by atoms with Gasteiger partial charge in [0.2, 0.25) is 0 Å². The molecule has 0 atom stereocenters. The fourth-order valence-corrected chi connectivity index (χ4v) is 1.82. The topological polar surface area (TPSA) is 22.0 Å². The van der Waals surface area contributed by atoms with Crippen LogP contribution in [0.15, 0.2) is 23.1 Å². The predicted molar refractivity (Wildman–Crippen MR) is 58.5 cm³/mol. The number of rotatable bonds is 1. The number of aromatic nitrogens is 1. The van der Waals surface area contributed by atoms with Gasteiger partial charge < -0.3 is 4.57 Å². The van der Waals surface area contributed by atoms with E-state index in [0.717, 1.165) is 6.07 Å². The zero-order valence-corrected chi connectivity index (χ0v) is 9.05. The van der Waals surface area contributed by atoms with Crippen molar-refractivity contribution in [3.8, 4) is 0 Å². The molecule has 0 spiro atoms. The molecule has 1 aromatic carbocycles. The number of hydrogen-bond acceptors (Lipinski definition) is 1. The summed E-state index contributed by atoms with van der Waals surface area (Å²) in [4.78, 5) is 11.8. The van der Waals surface area contributed by atoms with Gasteiger partial charge in [-0.1, -0.05) is 0 Å². The number of nitrogens with zero attached hydrogens (tertiary/aromatic N) is 1. The average molecular weight is 223 g/mol. The van der Waals surface area contributed by atoms with E-state index in [9.17, 15) is 13.6 Å². The van der Waals surface area contributed by atoms with Crippen molar-refractivity contribution in [1.29, 1.82) is 0 Å². The molecule has 1 aromatic heterocycles. The van der Waals surface area contributed by atoms with E-state index >= 15 is 0 Å². The highest BCUT2D eigenvalue weighted by Gasteiger charge is 2.13. The second-order valence-electron chi connectivity index (χ2n) is 3.68. The maximum atomic E-state index is 13.6. The maximum Gasteiger partial charge on any atom is 0.192 e. The zero-order chi connectivity index (χ0) is 11.9. The van der Waals surface area contributed by atoms with E-state index < -0.39 is 11.6 Å². The normalized spacial score (nSPS) is 11.0. The summed E-state index contributed by atoms with van der Waals surface area (Å²) in [5.41, 5.74) is 0.317. The third-order valence-corrected chi connectivity index (χ3v) is 2.65. The first kappa shape index (κ1) is 10.8. The summed E-state index contributed by atoms with van der Waals surface area (Å²) >= 11 is 0. The Kier molecular flexibility index (Phi) is 2.50. The van der Waals surface area contributed by atoms with Crippen molar-refractivity contribution in [3.05, 3.63) is 45.8 Å². The van der Waals surface area contributed by atoms with Gasteiger partial charge in [-0.05, 0) is 26.0 Å². The Morgan fingerprint density at radius 3 is 2.62 bits per heavy atom. The smallest absolute Gasteiger partial charge is 0.192 e. The van der Waals surface area contributed by atoms with E-state index in [1.807, 2.05) is 6.92 Å². The van der Waals surface area contributed by atoms with Crippen molar-refractivity contribution >= 4 is 10.9 Å². The number of benzene rings is 1. The lowest BCUT2D eigenvalue weighted by Crippen LogP contribution is -2.13. The summed E-state index contributed by atoms with van der Waals surface area (Å²) < 4.78 is 28.3. The van der Waals surface area contributed by atoms with Gasteiger partial charge in [-0.2, -0.15) is 0 Å². The van der Waals surface area contributed by atoms with Crippen molar-refractivity contribution in [2.45, 2.75) is 20.4 Å². The Morgan fingerprint density at radius 2 is 2.00 bits per heavy atom. The van der Waals surface area contributed by atoms with Crippen molar-refractivity contribution in [2.75, 3.05) is 0 Å². The molecule has 0 aliphatic carbocycles. The van der Waals surface area contributed by atoms with Gasteiger partial charge in [-0.15, -0.1) is 0 Å². The molecule has 2 aromatic rings. The Labute approximate surface area is 91.1 Å².